The maximum Gasteiger partial charge on any atom is 0.358 e. The molecule has 0 unspecified atom stereocenters. The van der Waals surface area contributed by atoms with E-state index in [9.17, 15) is 4.79 Å². The first-order valence-electron chi connectivity index (χ1n) is 4.95. The van der Waals surface area contributed by atoms with Crippen molar-refractivity contribution in [3.8, 4) is 0 Å². The van der Waals surface area contributed by atoms with E-state index in [1.54, 1.807) is 4.68 Å². The molecular weight excluding hydrogens is 194 g/mol. The second-order valence-corrected chi connectivity index (χ2v) is 4.66. The average Bonchev–Trinajstić information content (AvgIpc) is 2.47. The predicted molar refractivity (Wildman–Crippen MR) is 55.6 cm³/mol. The Morgan fingerprint density at radius 3 is 2.53 bits per heavy atom. The van der Waals surface area contributed by atoms with Crippen LogP contribution in [0, 0.1) is 0 Å². The Kier molecular flexibility index (Phi) is 3.12. The third-order valence-electron chi connectivity index (χ3n) is 1.67. The summed E-state index contributed by atoms with van der Waals surface area (Å²) in [6.45, 7) is 9.35. The van der Waals surface area contributed by atoms with E-state index in [0.717, 1.165) is 0 Å². The van der Waals surface area contributed by atoms with Crippen molar-refractivity contribution >= 4 is 5.97 Å². The fourth-order valence-corrected chi connectivity index (χ4v) is 1.10. The van der Waals surface area contributed by atoms with Crippen LogP contribution in [0.3, 0.4) is 0 Å². The molecule has 0 aliphatic heterocycles. The van der Waals surface area contributed by atoms with Crippen LogP contribution in [0.4, 0.5) is 0 Å². The van der Waals surface area contributed by atoms with Gasteiger partial charge in [-0.2, -0.15) is 0 Å². The number of rotatable bonds is 2. The Labute approximate surface area is 89.4 Å². The van der Waals surface area contributed by atoms with Gasteiger partial charge >= 0.3 is 5.97 Å². The lowest BCUT2D eigenvalue weighted by atomic mass is 10.2. The smallest absolute Gasteiger partial charge is 0.358 e. The van der Waals surface area contributed by atoms with Gasteiger partial charge in [-0.25, -0.2) is 9.48 Å². The van der Waals surface area contributed by atoms with Crippen LogP contribution in [0.5, 0.6) is 0 Å². The molecular formula is C10H17N3O2. The zero-order valence-electron chi connectivity index (χ0n) is 9.81. The monoisotopic (exact) mass is 211 g/mol. The molecule has 5 nitrogen and oxygen atoms in total. The highest BCUT2D eigenvalue weighted by atomic mass is 16.6. The zero-order chi connectivity index (χ0) is 11.6. The van der Waals surface area contributed by atoms with Crippen LogP contribution in [0.2, 0.25) is 0 Å². The highest BCUT2D eigenvalue weighted by molar-refractivity contribution is 5.87. The summed E-state index contributed by atoms with van der Waals surface area (Å²) in [7, 11) is 0. The number of esters is 1. The van der Waals surface area contributed by atoms with Gasteiger partial charge in [0.05, 0.1) is 6.20 Å². The first kappa shape index (κ1) is 11.7. The summed E-state index contributed by atoms with van der Waals surface area (Å²) in [5.41, 5.74) is -0.108. The average molecular weight is 211 g/mol. The Morgan fingerprint density at radius 1 is 1.47 bits per heavy atom. The summed E-state index contributed by atoms with van der Waals surface area (Å²) < 4.78 is 6.78. The van der Waals surface area contributed by atoms with Crippen molar-refractivity contribution in [2.24, 2.45) is 0 Å². The Balaban J connectivity index is 2.87. The molecule has 0 aliphatic rings. The Bertz CT molecular complexity index is 350. The number of nitrogens with zero attached hydrogens (tertiary/aromatic N) is 3. The van der Waals surface area contributed by atoms with E-state index in [0.29, 0.717) is 5.69 Å². The van der Waals surface area contributed by atoms with E-state index in [1.165, 1.54) is 6.20 Å². The SMILES string of the molecule is CC(C)n1nncc1C(=O)OC(C)(C)C. The molecule has 0 spiro atoms. The summed E-state index contributed by atoms with van der Waals surface area (Å²) in [6, 6.07) is 0.0926. The Morgan fingerprint density at radius 2 is 2.07 bits per heavy atom. The lowest BCUT2D eigenvalue weighted by molar-refractivity contribution is 0.00543. The topological polar surface area (TPSA) is 57.0 Å². The van der Waals surface area contributed by atoms with E-state index in [1.807, 2.05) is 34.6 Å². The molecule has 0 saturated carbocycles. The number of carbonyl (C=O) groups excluding carboxylic acids is 1. The summed E-state index contributed by atoms with van der Waals surface area (Å²) >= 11 is 0. The summed E-state index contributed by atoms with van der Waals surface area (Å²) in [6.07, 6.45) is 1.42. The van der Waals surface area contributed by atoms with Gasteiger partial charge in [0.15, 0.2) is 5.69 Å². The fourth-order valence-electron chi connectivity index (χ4n) is 1.10. The van der Waals surface area contributed by atoms with Crippen molar-refractivity contribution in [3.05, 3.63) is 11.9 Å². The molecule has 1 rings (SSSR count). The van der Waals surface area contributed by atoms with Crippen molar-refractivity contribution in [1.29, 1.82) is 0 Å². The van der Waals surface area contributed by atoms with Crippen LogP contribution >= 0.6 is 0 Å². The van der Waals surface area contributed by atoms with Crippen molar-refractivity contribution in [3.63, 3.8) is 0 Å². The van der Waals surface area contributed by atoms with Gasteiger partial charge in [0.1, 0.15) is 5.60 Å². The molecule has 0 bridgehead atoms. The minimum atomic E-state index is -0.497. The predicted octanol–water partition coefficient (Wildman–Crippen LogP) is 1.81. The number of aromatic nitrogens is 3. The summed E-state index contributed by atoms with van der Waals surface area (Å²) in [5.74, 6) is -0.388. The van der Waals surface area contributed by atoms with Crippen molar-refractivity contribution < 1.29 is 9.53 Å². The minimum Gasteiger partial charge on any atom is -0.455 e. The number of hydrogen-bond acceptors (Lipinski definition) is 4. The van der Waals surface area contributed by atoms with Crippen LogP contribution in [-0.4, -0.2) is 26.6 Å². The fraction of sp³-hybridized carbons (Fsp3) is 0.700. The zero-order valence-corrected chi connectivity index (χ0v) is 9.81. The quantitative estimate of drug-likeness (QED) is 0.700. The van der Waals surface area contributed by atoms with Gasteiger partial charge in [0, 0.05) is 6.04 Å². The second-order valence-electron chi connectivity index (χ2n) is 4.66. The number of ether oxygens (including phenoxy) is 1. The summed E-state index contributed by atoms with van der Waals surface area (Å²) in [4.78, 5) is 11.7. The lowest BCUT2D eigenvalue weighted by Crippen LogP contribution is -2.26. The van der Waals surface area contributed by atoms with Gasteiger partial charge in [0.25, 0.3) is 0 Å². The molecule has 0 atom stereocenters. The summed E-state index contributed by atoms with van der Waals surface area (Å²) in [5, 5.41) is 7.54. The van der Waals surface area contributed by atoms with Crippen LogP contribution in [-0.2, 0) is 4.74 Å². The molecule has 15 heavy (non-hydrogen) atoms. The lowest BCUT2D eigenvalue weighted by Gasteiger charge is -2.19. The third-order valence-corrected chi connectivity index (χ3v) is 1.67. The van der Waals surface area contributed by atoms with E-state index >= 15 is 0 Å². The van der Waals surface area contributed by atoms with E-state index in [4.69, 9.17) is 4.74 Å². The second kappa shape index (κ2) is 4.00. The first-order chi connectivity index (χ1) is 6.81. The first-order valence-corrected chi connectivity index (χ1v) is 4.95. The van der Waals surface area contributed by atoms with Gasteiger partial charge in [-0.3, -0.25) is 0 Å². The maximum absolute atomic E-state index is 11.7. The molecule has 1 heterocycles. The third kappa shape index (κ3) is 3.04. The molecule has 0 N–H and O–H groups in total. The van der Waals surface area contributed by atoms with Crippen LogP contribution in [0.15, 0.2) is 6.20 Å². The molecule has 5 heteroatoms. The van der Waals surface area contributed by atoms with Gasteiger partial charge < -0.3 is 4.74 Å². The van der Waals surface area contributed by atoms with Crippen molar-refractivity contribution in [1.82, 2.24) is 15.0 Å². The van der Waals surface area contributed by atoms with E-state index in [-0.39, 0.29) is 12.0 Å². The van der Waals surface area contributed by atoms with Crippen molar-refractivity contribution in [2.45, 2.75) is 46.3 Å². The molecule has 1 aromatic heterocycles. The molecule has 0 saturated heterocycles. The molecule has 1 aromatic rings. The largest absolute Gasteiger partial charge is 0.455 e. The van der Waals surface area contributed by atoms with Crippen molar-refractivity contribution in [2.75, 3.05) is 0 Å². The molecule has 0 radical (unpaired) electrons. The normalized spacial score (nSPS) is 11.9. The highest BCUT2D eigenvalue weighted by Gasteiger charge is 2.22. The van der Waals surface area contributed by atoms with E-state index < -0.39 is 5.60 Å². The molecule has 0 amide bonds. The van der Waals surface area contributed by atoms with E-state index in [2.05, 4.69) is 10.3 Å². The molecule has 0 fully saturated rings. The standard InChI is InChI=1S/C10H17N3O2/c1-7(2)13-8(6-11-12-13)9(14)15-10(3,4)5/h6-7H,1-5H3. The number of carbonyl (C=O) groups is 1. The number of hydrogen-bond donors (Lipinski definition) is 0. The molecule has 84 valence electrons. The van der Waals surface area contributed by atoms with Gasteiger partial charge in [-0.05, 0) is 34.6 Å². The van der Waals surface area contributed by atoms with Gasteiger partial charge in [-0.15, -0.1) is 5.10 Å². The maximum atomic E-state index is 11.7. The Hall–Kier alpha value is -1.39. The van der Waals surface area contributed by atoms with Crippen LogP contribution in [0.1, 0.15) is 51.1 Å². The molecule has 0 aromatic carbocycles. The van der Waals surface area contributed by atoms with Gasteiger partial charge in [0.2, 0.25) is 0 Å². The highest BCUT2D eigenvalue weighted by Crippen LogP contribution is 2.13. The van der Waals surface area contributed by atoms with Crippen LogP contribution in [0.25, 0.3) is 0 Å². The minimum absolute atomic E-state index is 0.0926. The van der Waals surface area contributed by atoms with Crippen LogP contribution < -0.4 is 0 Å². The van der Waals surface area contributed by atoms with Gasteiger partial charge in [-0.1, -0.05) is 5.21 Å². The molecule has 0 aliphatic carbocycles.